The minimum atomic E-state index is -1.21. The summed E-state index contributed by atoms with van der Waals surface area (Å²) in [5.74, 6) is 0.279. The van der Waals surface area contributed by atoms with Crippen LogP contribution in [-0.2, 0) is 4.79 Å². The molecule has 6 nitrogen and oxygen atoms in total. The van der Waals surface area contributed by atoms with Crippen molar-refractivity contribution >= 4 is 17.6 Å². The van der Waals surface area contributed by atoms with Gasteiger partial charge < -0.3 is 24.2 Å². The van der Waals surface area contributed by atoms with E-state index in [0.717, 1.165) is 6.54 Å². The number of hydrogen-bond acceptors (Lipinski definition) is 5. The quantitative estimate of drug-likeness (QED) is 0.833. The zero-order chi connectivity index (χ0) is 18.7. The molecule has 1 heterocycles. The van der Waals surface area contributed by atoms with Gasteiger partial charge in [-0.3, -0.25) is 0 Å². The van der Waals surface area contributed by atoms with E-state index < -0.39 is 18.2 Å². The van der Waals surface area contributed by atoms with E-state index in [0.29, 0.717) is 34.4 Å². The van der Waals surface area contributed by atoms with E-state index in [4.69, 9.17) is 25.8 Å². The van der Waals surface area contributed by atoms with Crippen molar-refractivity contribution in [2.75, 3.05) is 27.2 Å². The Morgan fingerprint density at radius 2 is 1.88 bits per heavy atom. The van der Waals surface area contributed by atoms with Gasteiger partial charge in [0, 0.05) is 17.1 Å². The fourth-order valence-corrected chi connectivity index (χ4v) is 2.84. The first-order chi connectivity index (χ1) is 12.5. The lowest BCUT2D eigenvalue weighted by atomic mass is 10.0. The van der Waals surface area contributed by atoms with E-state index in [-0.39, 0.29) is 0 Å². The lowest BCUT2D eigenvalue weighted by Gasteiger charge is -2.32. The molecule has 1 aliphatic rings. The second-order valence-electron chi connectivity index (χ2n) is 6.20. The lowest BCUT2D eigenvalue weighted by molar-refractivity contribution is -0.151. The molecule has 138 valence electrons. The summed E-state index contributed by atoms with van der Waals surface area (Å²) in [5, 5.41) is 10.1. The number of fused-ring (bicyclic) bond motifs is 1. The van der Waals surface area contributed by atoms with Crippen LogP contribution in [-0.4, -0.2) is 49.3 Å². The van der Waals surface area contributed by atoms with E-state index >= 15 is 0 Å². The smallest absolute Gasteiger partial charge is 0.349 e. The maximum atomic E-state index is 11.8. The van der Waals surface area contributed by atoms with Crippen LogP contribution >= 0.6 is 11.6 Å². The van der Waals surface area contributed by atoms with Gasteiger partial charge in [0.05, 0.1) is 0 Å². The third-order valence-corrected chi connectivity index (χ3v) is 4.18. The van der Waals surface area contributed by atoms with Gasteiger partial charge in [-0.25, -0.2) is 4.79 Å². The zero-order valence-electron chi connectivity index (χ0n) is 14.5. The van der Waals surface area contributed by atoms with E-state index in [1.807, 2.05) is 19.0 Å². The molecule has 0 saturated carbocycles. The van der Waals surface area contributed by atoms with Gasteiger partial charge >= 0.3 is 5.97 Å². The predicted octanol–water partition coefficient (Wildman–Crippen LogP) is 3.25. The maximum absolute atomic E-state index is 11.8. The molecule has 0 fully saturated rings. The lowest BCUT2D eigenvalue weighted by Crippen LogP contribution is -2.39. The van der Waals surface area contributed by atoms with Crippen LogP contribution in [0.25, 0.3) is 0 Å². The van der Waals surface area contributed by atoms with E-state index in [1.54, 1.807) is 42.5 Å². The van der Waals surface area contributed by atoms with Crippen molar-refractivity contribution in [3.63, 3.8) is 0 Å². The van der Waals surface area contributed by atoms with Gasteiger partial charge in [-0.2, -0.15) is 0 Å². The maximum Gasteiger partial charge on any atom is 0.349 e. The standard InChI is InChI=1S/C19H20ClNO5/c1-21(2)9-10-24-14-8-7-12(20)11-13(14)17-18(19(22)23)26-16-6-4-3-5-15(16)25-17/h3-8,11,17-18H,9-10H2,1-2H3,(H,22,23). The van der Waals surface area contributed by atoms with Crippen LogP contribution in [0, 0.1) is 0 Å². The van der Waals surface area contributed by atoms with Crippen molar-refractivity contribution in [1.82, 2.24) is 4.90 Å². The van der Waals surface area contributed by atoms with Crippen LogP contribution in [0.15, 0.2) is 42.5 Å². The van der Waals surface area contributed by atoms with E-state index in [1.165, 1.54) is 0 Å². The fourth-order valence-electron chi connectivity index (χ4n) is 2.66. The van der Waals surface area contributed by atoms with E-state index in [2.05, 4.69) is 0 Å². The number of carboxylic acids is 1. The van der Waals surface area contributed by atoms with Gasteiger partial charge in [0.25, 0.3) is 0 Å². The molecular formula is C19H20ClNO5. The molecule has 0 aliphatic carbocycles. The molecule has 0 radical (unpaired) electrons. The molecule has 2 aromatic rings. The first kappa shape index (κ1) is 18.4. The number of para-hydroxylation sites is 2. The first-order valence-electron chi connectivity index (χ1n) is 8.18. The summed E-state index contributed by atoms with van der Waals surface area (Å²) in [5.41, 5.74) is 0.540. The van der Waals surface area contributed by atoms with Crippen molar-refractivity contribution in [2.45, 2.75) is 12.2 Å². The van der Waals surface area contributed by atoms with Crippen molar-refractivity contribution < 1.29 is 24.1 Å². The Hall–Kier alpha value is -2.44. The van der Waals surface area contributed by atoms with Gasteiger partial charge in [-0.15, -0.1) is 0 Å². The number of aliphatic carboxylic acids is 1. The molecule has 2 aromatic carbocycles. The Morgan fingerprint density at radius 1 is 1.19 bits per heavy atom. The first-order valence-corrected chi connectivity index (χ1v) is 8.55. The summed E-state index contributed by atoms with van der Waals surface area (Å²) in [6.45, 7) is 1.17. The minimum absolute atomic E-state index is 0.397. The van der Waals surface area contributed by atoms with Crippen LogP contribution in [0.2, 0.25) is 5.02 Å². The molecule has 2 unspecified atom stereocenters. The Labute approximate surface area is 156 Å². The summed E-state index contributed by atoms with van der Waals surface area (Å²) in [6.07, 6.45) is -2.09. The topological polar surface area (TPSA) is 68.2 Å². The number of carbonyl (C=O) groups is 1. The third kappa shape index (κ3) is 4.03. The van der Waals surface area contributed by atoms with Gasteiger partial charge in [-0.1, -0.05) is 23.7 Å². The van der Waals surface area contributed by atoms with Crippen LogP contribution in [0.5, 0.6) is 17.2 Å². The molecule has 0 spiro atoms. The molecule has 1 aliphatic heterocycles. The van der Waals surface area contributed by atoms with Crippen molar-refractivity contribution in [2.24, 2.45) is 0 Å². The number of likely N-dealkylation sites (N-methyl/N-ethyl adjacent to an activating group) is 1. The van der Waals surface area contributed by atoms with Crippen LogP contribution in [0.1, 0.15) is 11.7 Å². The third-order valence-electron chi connectivity index (χ3n) is 3.95. The Morgan fingerprint density at radius 3 is 2.54 bits per heavy atom. The summed E-state index contributed by atoms with van der Waals surface area (Å²) in [7, 11) is 3.89. The molecule has 0 aromatic heterocycles. The van der Waals surface area contributed by atoms with Crippen LogP contribution < -0.4 is 14.2 Å². The van der Waals surface area contributed by atoms with E-state index in [9.17, 15) is 9.90 Å². The zero-order valence-corrected chi connectivity index (χ0v) is 15.3. The average molecular weight is 378 g/mol. The number of halogens is 1. The molecule has 1 N–H and O–H groups in total. The Kier molecular flexibility index (Phi) is 5.54. The molecule has 2 atom stereocenters. The SMILES string of the molecule is CN(C)CCOc1ccc(Cl)cc1C1Oc2ccccc2OC1C(=O)O. The summed E-state index contributed by atoms with van der Waals surface area (Å²) >= 11 is 6.14. The highest BCUT2D eigenvalue weighted by Gasteiger charge is 2.39. The molecule has 7 heteroatoms. The van der Waals surface area contributed by atoms with Crippen molar-refractivity contribution in [1.29, 1.82) is 0 Å². The Bertz CT molecular complexity index is 795. The van der Waals surface area contributed by atoms with Crippen molar-refractivity contribution in [3.05, 3.63) is 53.1 Å². The second-order valence-corrected chi connectivity index (χ2v) is 6.63. The molecule has 0 amide bonds. The van der Waals surface area contributed by atoms with Gasteiger partial charge in [0.15, 0.2) is 17.6 Å². The van der Waals surface area contributed by atoms with Crippen LogP contribution in [0.4, 0.5) is 0 Å². The number of hydrogen-bond donors (Lipinski definition) is 1. The molecule has 0 saturated heterocycles. The fraction of sp³-hybridized carbons (Fsp3) is 0.316. The number of nitrogens with zero attached hydrogens (tertiary/aromatic N) is 1. The molecule has 0 bridgehead atoms. The number of benzene rings is 2. The Balaban J connectivity index is 1.95. The summed E-state index contributed by atoms with van der Waals surface area (Å²) in [6, 6.07) is 12.0. The highest BCUT2D eigenvalue weighted by molar-refractivity contribution is 6.30. The number of carboxylic acid groups (broad SMARTS) is 1. The average Bonchev–Trinajstić information content (AvgIpc) is 2.61. The summed E-state index contributed by atoms with van der Waals surface area (Å²) in [4.78, 5) is 13.8. The van der Waals surface area contributed by atoms with Gasteiger partial charge in [0.2, 0.25) is 6.10 Å². The van der Waals surface area contributed by atoms with Gasteiger partial charge in [-0.05, 0) is 44.4 Å². The highest BCUT2D eigenvalue weighted by atomic mass is 35.5. The molecule has 26 heavy (non-hydrogen) atoms. The molecular weight excluding hydrogens is 358 g/mol. The normalized spacial score (nSPS) is 18.6. The number of ether oxygens (including phenoxy) is 3. The van der Waals surface area contributed by atoms with Crippen LogP contribution in [0.3, 0.4) is 0 Å². The van der Waals surface area contributed by atoms with Gasteiger partial charge in [0.1, 0.15) is 12.4 Å². The monoisotopic (exact) mass is 377 g/mol. The highest BCUT2D eigenvalue weighted by Crippen LogP contribution is 2.42. The second kappa shape index (κ2) is 7.85. The molecule has 3 rings (SSSR count). The predicted molar refractivity (Wildman–Crippen MR) is 97.4 cm³/mol. The minimum Gasteiger partial charge on any atom is -0.492 e. The summed E-state index contributed by atoms with van der Waals surface area (Å²) < 4.78 is 17.5. The largest absolute Gasteiger partial charge is 0.492 e. The van der Waals surface area contributed by atoms with Crippen molar-refractivity contribution in [3.8, 4) is 17.2 Å². The number of rotatable bonds is 6.